The van der Waals surface area contributed by atoms with Crippen LogP contribution in [0.3, 0.4) is 0 Å². The highest BCUT2D eigenvalue weighted by Crippen LogP contribution is 2.39. The number of fused-ring (bicyclic) bond motifs is 1. The number of rotatable bonds is 10. The quantitative estimate of drug-likeness (QED) is 0.280. The van der Waals surface area contributed by atoms with E-state index in [1.54, 1.807) is 0 Å². The topological polar surface area (TPSA) is 95.6 Å². The SMILES string of the molecule is COC1C(C)CC2CCCNC2C1N1CCCN(C(CC(=O)NCCN2CCCC2)C2CSC(N3CCC(C)(O)CC3)N2)CC1. The van der Waals surface area contributed by atoms with Crippen molar-refractivity contribution in [1.82, 2.24) is 35.6 Å². The van der Waals surface area contributed by atoms with Crippen LogP contribution in [-0.4, -0.2) is 157 Å². The van der Waals surface area contributed by atoms with Gasteiger partial charge in [0.2, 0.25) is 5.91 Å². The second-order valence-electron chi connectivity index (χ2n) is 15.4. The summed E-state index contributed by atoms with van der Waals surface area (Å²) in [4.78, 5) is 23.9. The molecule has 6 rings (SSSR count). The lowest BCUT2D eigenvalue weighted by molar-refractivity contribution is -0.122. The number of piperidine rings is 2. The Morgan fingerprint density at radius 2 is 1.84 bits per heavy atom. The molecule has 6 aliphatic rings. The van der Waals surface area contributed by atoms with Gasteiger partial charge in [-0.1, -0.05) is 6.92 Å². The van der Waals surface area contributed by atoms with Crippen LogP contribution in [0.2, 0.25) is 0 Å². The van der Waals surface area contributed by atoms with Crippen molar-refractivity contribution >= 4 is 17.7 Å². The summed E-state index contributed by atoms with van der Waals surface area (Å²) in [5.41, 5.74) is -0.284. The van der Waals surface area contributed by atoms with Crippen molar-refractivity contribution in [2.45, 2.75) is 113 Å². The van der Waals surface area contributed by atoms with E-state index in [0.29, 0.717) is 24.4 Å². The number of carbonyl (C=O) groups excluding carboxylic acids is 1. The second kappa shape index (κ2) is 15.8. The Labute approximate surface area is 277 Å². The monoisotopic (exact) mass is 649 g/mol. The molecule has 0 bridgehead atoms. The van der Waals surface area contributed by atoms with Crippen molar-refractivity contribution < 1.29 is 14.6 Å². The Morgan fingerprint density at radius 3 is 2.62 bits per heavy atom. The molecule has 5 heterocycles. The minimum atomic E-state index is -0.544. The van der Waals surface area contributed by atoms with Gasteiger partial charge in [0.05, 0.1) is 17.7 Å². The van der Waals surface area contributed by atoms with Crippen LogP contribution in [0, 0.1) is 11.8 Å². The maximum Gasteiger partial charge on any atom is 0.221 e. The first kappa shape index (κ1) is 34.4. The van der Waals surface area contributed by atoms with E-state index in [1.165, 1.54) is 45.2 Å². The molecule has 0 spiro atoms. The van der Waals surface area contributed by atoms with E-state index in [0.717, 1.165) is 89.8 Å². The first-order valence-electron chi connectivity index (χ1n) is 18.4. The smallest absolute Gasteiger partial charge is 0.221 e. The molecule has 45 heavy (non-hydrogen) atoms. The average Bonchev–Trinajstić information content (AvgIpc) is 3.67. The van der Waals surface area contributed by atoms with E-state index in [4.69, 9.17) is 4.74 Å². The number of carbonyl (C=O) groups is 1. The van der Waals surface area contributed by atoms with Gasteiger partial charge in [-0.15, -0.1) is 11.8 Å². The molecule has 8 atom stereocenters. The molecule has 0 radical (unpaired) electrons. The van der Waals surface area contributed by atoms with Crippen molar-refractivity contribution in [2.24, 2.45) is 11.8 Å². The highest BCUT2D eigenvalue weighted by atomic mass is 32.2. The van der Waals surface area contributed by atoms with Gasteiger partial charge in [0.1, 0.15) is 5.50 Å². The Balaban J connectivity index is 1.11. The Morgan fingerprint density at radius 1 is 1.04 bits per heavy atom. The molecule has 0 aromatic carbocycles. The van der Waals surface area contributed by atoms with Gasteiger partial charge in [-0.05, 0) is 103 Å². The van der Waals surface area contributed by atoms with Crippen molar-refractivity contribution in [3.05, 3.63) is 0 Å². The third kappa shape index (κ3) is 8.57. The summed E-state index contributed by atoms with van der Waals surface area (Å²) in [5, 5.41) is 21.7. The largest absolute Gasteiger partial charge is 0.390 e. The maximum atomic E-state index is 13.5. The van der Waals surface area contributed by atoms with Crippen LogP contribution in [0.25, 0.3) is 0 Å². The van der Waals surface area contributed by atoms with Crippen LogP contribution in [-0.2, 0) is 9.53 Å². The van der Waals surface area contributed by atoms with Gasteiger partial charge in [-0.3, -0.25) is 24.8 Å². The summed E-state index contributed by atoms with van der Waals surface area (Å²) in [6.45, 7) is 15.5. The van der Waals surface area contributed by atoms with Crippen LogP contribution < -0.4 is 16.0 Å². The predicted octanol–water partition coefficient (Wildman–Crippen LogP) is 1.59. The lowest BCUT2D eigenvalue weighted by Crippen LogP contribution is -2.65. The van der Waals surface area contributed by atoms with Crippen LogP contribution in [0.1, 0.15) is 71.6 Å². The van der Waals surface area contributed by atoms with E-state index in [1.807, 2.05) is 25.8 Å². The minimum absolute atomic E-state index is 0.172. The summed E-state index contributed by atoms with van der Waals surface area (Å²) in [6, 6.07) is 1.37. The van der Waals surface area contributed by atoms with E-state index in [2.05, 4.69) is 42.5 Å². The number of hydrogen-bond acceptors (Lipinski definition) is 10. The summed E-state index contributed by atoms with van der Waals surface area (Å²) < 4.78 is 6.24. The summed E-state index contributed by atoms with van der Waals surface area (Å²) in [7, 11) is 1.92. The number of ether oxygens (including phenoxy) is 1. The number of amides is 1. The Kier molecular flexibility index (Phi) is 12.1. The molecule has 5 aliphatic heterocycles. The lowest BCUT2D eigenvalue weighted by Gasteiger charge is -2.52. The molecule has 1 aliphatic carbocycles. The number of likely N-dealkylation sites (tertiary alicyclic amines) is 2. The minimum Gasteiger partial charge on any atom is -0.390 e. The number of thioether (sulfide) groups is 1. The van der Waals surface area contributed by atoms with Crippen molar-refractivity contribution in [3.63, 3.8) is 0 Å². The van der Waals surface area contributed by atoms with Gasteiger partial charge in [0.15, 0.2) is 0 Å². The maximum absolute atomic E-state index is 13.5. The van der Waals surface area contributed by atoms with Gasteiger partial charge < -0.3 is 25.4 Å². The molecule has 258 valence electrons. The zero-order chi connectivity index (χ0) is 31.4. The molecule has 6 fully saturated rings. The van der Waals surface area contributed by atoms with E-state index < -0.39 is 5.60 Å². The third-order valence-electron chi connectivity index (χ3n) is 12.1. The van der Waals surface area contributed by atoms with Crippen LogP contribution in [0.5, 0.6) is 0 Å². The number of aliphatic hydroxyl groups is 1. The molecule has 8 unspecified atom stereocenters. The zero-order valence-electron chi connectivity index (χ0n) is 28.4. The summed E-state index contributed by atoms with van der Waals surface area (Å²) in [6.07, 6.45) is 10.0. The van der Waals surface area contributed by atoms with E-state index in [9.17, 15) is 9.90 Å². The molecular formula is C34H63N7O3S. The fourth-order valence-electron chi connectivity index (χ4n) is 9.48. The predicted molar refractivity (Wildman–Crippen MR) is 182 cm³/mol. The lowest BCUT2D eigenvalue weighted by atomic mass is 9.70. The van der Waals surface area contributed by atoms with E-state index in [-0.39, 0.29) is 29.6 Å². The molecule has 4 N–H and O–H groups in total. The van der Waals surface area contributed by atoms with Gasteiger partial charge in [-0.2, -0.15) is 0 Å². The van der Waals surface area contributed by atoms with Gasteiger partial charge >= 0.3 is 0 Å². The molecule has 10 nitrogen and oxygen atoms in total. The van der Waals surface area contributed by atoms with E-state index >= 15 is 0 Å². The van der Waals surface area contributed by atoms with Crippen molar-refractivity contribution in [2.75, 3.05) is 84.9 Å². The van der Waals surface area contributed by atoms with Gasteiger partial charge in [-0.25, -0.2) is 0 Å². The fourth-order valence-corrected chi connectivity index (χ4v) is 10.9. The Bertz CT molecular complexity index is 945. The first-order valence-corrected chi connectivity index (χ1v) is 19.4. The number of methoxy groups -OCH3 is 1. The second-order valence-corrected chi connectivity index (χ2v) is 16.5. The standard InChI is InChI=1S/C34H63N7O3S/c1-25-22-26-8-6-11-36-30(26)31(32(25)44-3)40-16-7-15-39(20-21-40)28(23-29(42)35-12-19-38-13-4-5-14-38)27-24-45-33(37-27)41-17-9-34(2,43)10-18-41/h25-28,30-33,36-37,43H,4-24H2,1-3H3,(H,35,42). The fraction of sp³-hybridized carbons (Fsp3) is 0.971. The summed E-state index contributed by atoms with van der Waals surface area (Å²) in [5.74, 6) is 2.53. The molecule has 11 heteroatoms. The van der Waals surface area contributed by atoms with Gasteiger partial charge in [0, 0.05) is 76.7 Å². The van der Waals surface area contributed by atoms with Crippen molar-refractivity contribution in [3.8, 4) is 0 Å². The normalized spacial score (nSPS) is 38.1. The van der Waals surface area contributed by atoms with Gasteiger partial charge in [0.25, 0.3) is 0 Å². The molecule has 5 saturated heterocycles. The summed E-state index contributed by atoms with van der Waals surface area (Å²) >= 11 is 1.99. The van der Waals surface area contributed by atoms with Crippen LogP contribution in [0.15, 0.2) is 0 Å². The molecular weight excluding hydrogens is 586 g/mol. The molecule has 0 aromatic heterocycles. The number of nitrogens with zero attached hydrogens (tertiary/aromatic N) is 4. The molecule has 0 aromatic rings. The van der Waals surface area contributed by atoms with Crippen LogP contribution >= 0.6 is 11.8 Å². The molecule has 1 saturated carbocycles. The highest BCUT2D eigenvalue weighted by molar-refractivity contribution is 8.00. The first-order chi connectivity index (χ1) is 21.8. The number of nitrogens with one attached hydrogen (secondary N) is 3. The third-order valence-corrected chi connectivity index (χ3v) is 13.4. The van der Waals surface area contributed by atoms with Crippen LogP contribution in [0.4, 0.5) is 0 Å². The van der Waals surface area contributed by atoms with Crippen molar-refractivity contribution in [1.29, 1.82) is 0 Å². The molecule has 1 amide bonds. The Hall–Kier alpha value is -0.500. The number of hydrogen-bond donors (Lipinski definition) is 4. The highest BCUT2D eigenvalue weighted by Gasteiger charge is 2.47. The average molecular weight is 650 g/mol. The zero-order valence-corrected chi connectivity index (χ0v) is 29.2.